The van der Waals surface area contributed by atoms with Crippen molar-refractivity contribution >= 4 is 35.3 Å². The monoisotopic (exact) mass is 443 g/mol. The van der Waals surface area contributed by atoms with Crippen molar-refractivity contribution < 1.29 is 9.59 Å². The summed E-state index contributed by atoms with van der Waals surface area (Å²) < 4.78 is 1.90. The Balaban J connectivity index is 2.08. The normalized spacial score (nSPS) is 11.8. The number of urea groups is 1. The molecule has 0 saturated heterocycles. The number of amides is 3. The minimum Gasteiger partial charge on any atom is -0.341 e. The first-order valence-corrected chi connectivity index (χ1v) is 10.5. The van der Waals surface area contributed by atoms with E-state index in [1.807, 2.05) is 54.8 Å². The molecule has 2 aromatic carbocycles. The van der Waals surface area contributed by atoms with Crippen LogP contribution in [0.25, 0.3) is 17.1 Å². The van der Waals surface area contributed by atoms with E-state index in [2.05, 4.69) is 20.8 Å². The second-order valence-corrected chi connectivity index (χ2v) is 8.45. The molecule has 7 nitrogen and oxygen atoms in total. The van der Waals surface area contributed by atoms with Gasteiger partial charge in [-0.2, -0.15) is 0 Å². The van der Waals surface area contributed by atoms with Gasteiger partial charge in [-0.1, -0.05) is 47.6 Å². The lowest BCUT2D eigenvalue weighted by atomic mass is 10.1. The zero-order valence-corrected chi connectivity index (χ0v) is 18.6. The van der Waals surface area contributed by atoms with E-state index in [1.165, 1.54) is 18.8 Å². The maximum absolute atomic E-state index is 12.3. The molecular weight excluding hydrogens is 422 g/mol. The number of aryl methyl sites for hydroxylation is 2. The topological polar surface area (TPSA) is 88.9 Å². The number of rotatable bonds is 5. The number of carbonyl (C=O) groups is 2. The third-order valence-corrected chi connectivity index (χ3v) is 5.84. The number of aromatic nitrogens is 3. The standard InChI is InChI=1S/C21H22ClN5O2S/c1-12-9-10-13(2)17(11-12)27-18(15-7-5-6-8-16(15)22)25-26-21(27)30-14(3)19(28)24-20(29)23-4/h5-11,14H,1-4H3,(H2,23,24,28,29)/t14-/m1/s1. The highest BCUT2D eigenvalue weighted by atomic mass is 35.5. The molecule has 0 aliphatic carbocycles. The van der Waals surface area contributed by atoms with Crippen LogP contribution in [0.3, 0.4) is 0 Å². The lowest BCUT2D eigenvalue weighted by Gasteiger charge is -2.16. The van der Waals surface area contributed by atoms with E-state index in [4.69, 9.17) is 11.6 Å². The highest BCUT2D eigenvalue weighted by molar-refractivity contribution is 8.00. The van der Waals surface area contributed by atoms with Crippen LogP contribution in [0.2, 0.25) is 5.02 Å². The molecule has 3 rings (SSSR count). The van der Waals surface area contributed by atoms with Gasteiger partial charge >= 0.3 is 6.03 Å². The van der Waals surface area contributed by atoms with E-state index in [-0.39, 0.29) is 0 Å². The number of nitrogens with zero attached hydrogens (tertiary/aromatic N) is 3. The van der Waals surface area contributed by atoms with Gasteiger partial charge in [0, 0.05) is 12.6 Å². The van der Waals surface area contributed by atoms with Crippen molar-refractivity contribution in [1.29, 1.82) is 0 Å². The van der Waals surface area contributed by atoms with Crippen LogP contribution in [0.1, 0.15) is 18.1 Å². The molecule has 0 radical (unpaired) electrons. The van der Waals surface area contributed by atoms with Gasteiger partial charge < -0.3 is 5.32 Å². The van der Waals surface area contributed by atoms with Crippen molar-refractivity contribution in [3.05, 3.63) is 58.6 Å². The number of carbonyl (C=O) groups excluding carboxylic acids is 2. The van der Waals surface area contributed by atoms with Crippen LogP contribution in [-0.2, 0) is 4.79 Å². The maximum atomic E-state index is 12.3. The summed E-state index contributed by atoms with van der Waals surface area (Å²) in [5.74, 6) is 0.157. The molecule has 0 saturated carbocycles. The molecule has 0 spiro atoms. The fourth-order valence-electron chi connectivity index (χ4n) is 2.83. The second kappa shape index (κ2) is 9.32. The molecule has 1 aromatic heterocycles. The fraction of sp³-hybridized carbons (Fsp3) is 0.238. The minimum atomic E-state index is -0.575. The third-order valence-electron chi connectivity index (χ3n) is 4.47. The SMILES string of the molecule is CNC(=O)NC(=O)[C@@H](C)Sc1nnc(-c2ccccc2Cl)n1-c1cc(C)ccc1C. The van der Waals surface area contributed by atoms with Gasteiger partial charge in [0.15, 0.2) is 11.0 Å². The second-order valence-electron chi connectivity index (χ2n) is 6.74. The quantitative estimate of drug-likeness (QED) is 0.578. The van der Waals surface area contributed by atoms with Crippen molar-refractivity contribution in [3.8, 4) is 17.1 Å². The van der Waals surface area contributed by atoms with E-state index in [1.54, 1.807) is 13.0 Å². The Bertz CT molecular complexity index is 1100. The Morgan fingerprint density at radius 2 is 1.87 bits per heavy atom. The van der Waals surface area contributed by atoms with Crippen LogP contribution in [0, 0.1) is 13.8 Å². The molecule has 0 unspecified atom stereocenters. The van der Waals surface area contributed by atoms with Crippen molar-refractivity contribution in [1.82, 2.24) is 25.4 Å². The summed E-state index contributed by atoms with van der Waals surface area (Å²) >= 11 is 7.65. The summed E-state index contributed by atoms with van der Waals surface area (Å²) in [5, 5.41) is 13.9. The average Bonchev–Trinajstić information content (AvgIpc) is 3.12. The van der Waals surface area contributed by atoms with Crippen LogP contribution < -0.4 is 10.6 Å². The summed E-state index contributed by atoms with van der Waals surface area (Å²) in [7, 11) is 1.45. The fourth-order valence-corrected chi connectivity index (χ4v) is 3.91. The van der Waals surface area contributed by atoms with Gasteiger partial charge in [0.1, 0.15) is 0 Å². The van der Waals surface area contributed by atoms with Crippen LogP contribution in [0.5, 0.6) is 0 Å². The molecule has 0 fully saturated rings. The largest absolute Gasteiger partial charge is 0.341 e. The average molecular weight is 444 g/mol. The van der Waals surface area contributed by atoms with Crippen LogP contribution in [0.4, 0.5) is 4.79 Å². The molecule has 3 aromatic rings. The number of imide groups is 1. The van der Waals surface area contributed by atoms with Gasteiger partial charge in [0.2, 0.25) is 5.91 Å². The molecule has 0 bridgehead atoms. The molecule has 30 heavy (non-hydrogen) atoms. The molecule has 9 heteroatoms. The number of halogens is 1. The van der Waals surface area contributed by atoms with Gasteiger partial charge in [0.05, 0.1) is 16.0 Å². The van der Waals surface area contributed by atoms with Crippen molar-refractivity contribution in [2.75, 3.05) is 7.05 Å². The van der Waals surface area contributed by atoms with Gasteiger partial charge in [0.25, 0.3) is 0 Å². The highest BCUT2D eigenvalue weighted by Crippen LogP contribution is 2.34. The van der Waals surface area contributed by atoms with Gasteiger partial charge in [-0.25, -0.2) is 4.79 Å². The molecule has 0 aliphatic rings. The Labute approximate surface area is 184 Å². The van der Waals surface area contributed by atoms with Gasteiger partial charge in [-0.3, -0.25) is 14.7 Å². The molecule has 2 N–H and O–H groups in total. The minimum absolute atomic E-state index is 0.422. The number of nitrogens with one attached hydrogen (secondary N) is 2. The summed E-state index contributed by atoms with van der Waals surface area (Å²) in [5.41, 5.74) is 3.74. The summed E-state index contributed by atoms with van der Waals surface area (Å²) in [6, 6.07) is 13.0. The predicted molar refractivity (Wildman–Crippen MR) is 119 cm³/mol. The Hall–Kier alpha value is -2.84. The molecular formula is C21H22ClN5O2S. The smallest absolute Gasteiger partial charge is 0.321 e. The first-order chi connectivity index (χ1) is 14.3. The van der Waals surface area contributed by atoms with Crippen LogP contribution in [0.15, 0.2) is 47.6 Å². The summed E-state index contributed by atoms with van der Waals surface area (Å²) in [4.78, 5) is 23.8. The first-order valence-electron chi connectivity index (χ1n) is 9.29. The van der Waals surface area contributed by atoms with Crippen LogP contribution in [-0.4, -0.2) is 39.0 Å². The Morgan fingerprint density at radius 1 is 1.13 bits per heavy atom. The lowest BCUT2D eigenvalue weighted by molar-refractivity contribution is -0.119. The van der Waals surface area contributed by atoms with Gasteiger partial charge in [-0.05, 0) is 50.1 Å². The van der Waals surface area contributed by atoms with Crippen molar-refractivity contribution in [2.45, 2.75) is 31.2 Å². The molecule has 1 atom stereocenters. The van der Waals surface area contributed by atoms with Crippen molar-refractivity contribution in [3.63, 3.8) is 0 Å². The summed E-state index contributed by atoms with van der Waals surface area (Å²) in [6.07, 6.45) is 0. The Morgan fingerprint density at radius 3 is 2.57 bits per heavy atom. The number of benzene rings is 2. The first kappa shape index (κ1) is 21.9. The van der Waals surface area contributed by atoms with Crippen molar-refractivity contribution in [2.24, 2.45) is 0 Å². The third kappa shape index (κ3) is 4.66. The zero-order valence-electron chi connectivity index (χ0n) is 17.1. The number of hydrogen-bond donors (Lipinski definition) is 2. The van der Waals surface area contributed by atoms with Gasteiger partial charge in [-0.15, -0.1) is 10.2 Å². The number of hydrogen-bond acceptors (Lipinski definition) is 5. The summed E-state index contributed by atoms with van der Waals surface area (Å²) in [6.45, 7) is 5.72. The zero-order chi connectivity index (χ0) is 21.8. The lowest BCUT2D eigenvalue weighted by Crippen LogP contribution is -2.41. The van der Waals surface area contributed by atoms with E-state index in [0.29, 0.717) is 16.0 Å². The highest BCUT2D eigenvalue weighted by Gasteiger charge is 2.24. The Kier molecular flexibility index (Phi) is 6.79. The van der Waals surface area contributed by atoms with E-state index >= 15 is 0 Å². The molecule has 0 aliphatic heterocycles. The molecule has 156 valence electrons. The van der Waals surface area contributed by atoms with E-state index < -0.39 is 17.2 Å². The molecule has 1 heterocycles. The van der Waals surface area contributed by atoms with E-state index in [0.717, 1.165) is 22.4 Å². The van der Waals surface area contributed by atoms with E-state index in [9.17, 15) is 9.59 Å². The molecule has 3 amide bonds. The number of thioether (sulfide) groups is 1. The predicted octanol–water partition coefficient (Wildman–Crippen LogP) is 4.14. The maximum Gasteiger partial charge on any atom is 0.321 e. The van der Waals surface area contributed by atoms with Crippen LogP contribution >= 0.6 is 23.4 Å².